The van der Waals surface area contributed by atoms with Crippen LogP contribution in [0.15, 0.2) is 91.2 Å². The molecule has 0 N–H and O–H groups in total. The molecule has 0 aliphatic rings. The van der Waals surface area contributed by atoms with Crippen LogP contribution in [0.25, 0.3) is 5.57 Å². The zero-order valence-corrected chi connectivity index (χ0v) is 13.6. The molecule has 2 rings (SSSR count). The maximum absolute atomic E-state index is 2.17. The average Bonchev–Trinajstić information content (AvgIpc) is 2.51. The number of benzene rings is 2. The van der Waals surface area contributed by atoms with Gasteiger partial charge in [-0.2, -0.15) is 0 Å². The zero-order valence-electron chi connectivity index (χ0n) is 13.6. The molecule has 0 aliphatic carbocycles. The van der Waals surface area contributed by atoms with Crippen LogP contribution in [0.4, 0.5) is 0 Å². The summed E-state index contributed by atoms with van der Waals surface area (Å²) in [6.07, 6.45) is 10.6. The molecule has 0 radical (unpaired) electrons. The van der Waals surface area contributed by atoms with Crippen molar-refractivity contribution in [1.82, 2.24) is 0 Å². The molecule has 0 atom stereocenters. The number of nitrogens with zero attached hydrogens (tertiary/aromatic N) is 1. The van der Waals surface area contributed by atoms with Gasteiger partial charge in [0.15, 0.2) is 0 Å². The van der Waals surface area contributed by atoms with Gasteiger partial charge in [-0.1, -0.05) is 78.9 Å². The Hall–Kier alpha value is -2.38. The van der Waals surface area contributed by atoms with Crippen LogP contribution in [-0.2, 0) is 0 Å². The normalized spacial score (nSPS) is 12.0. The summed E-state index contributed by atoms with van der Waals surface area (Å²) in [7, 11) is 6.42. The summed E-state index contributed by atoms with van der Waals surface area (Å²) >= 11 is 0. The van der Waals surface area contributed by atoms with Gasteiger partial charge >= 0.3 is 0 Å². The Morgan fingerprint density at radius 2 is 1.18 bits per heavy atom. The van der Waals surface area contributed by atoms with Crippen LogP contribution in [0.5, 0.6) is 0 Å². The van der Waals surface area contributed by atoms with E-state index >= 15 is 0 Å². The second-order valence-corrected chi connectivity index (χ2v) is 6.16. The van der Waals surface area contributed by atoms with Crippen molar-refractivity contribution in [1.29, 1.82) is 0 Å². The van der Waals surface area contributed by atoms with E-state index in [2.05, 4.69) is 100 Å². The Kier molecular flexibility index (Phi) is 5.51. The number of hydrogen-bond donors (Lipinski definition) is 0. The maximum atomic E-state index is 2.17. The molecule has 0 saturated heterocycles. The first kappa shape index (κ1) is 16.0. The smallest absolute Gasteiger partial charge is 0.0952 e. The first-order valence-corrected chi connectivity index (χ1v) is 7.54. The number of quaternary nitrogens is 1. The van der Waals surface area contributed by atoms with E-state index in [-0.39, 0.29) is 0 Å². The van der Waals surface area contributed by atoms with Gasteiger partial charge in [-0.3, -0.25) is 0 Å². The van der Waals surface area contributed by atoms with Crippen LogP contribution < -0.4 is 0 Å². The van der Waals surface area contributed by atoms with E-state index in [4.69, 9.17) is 0 Å². The summed E-state index contributed by atoms with van der Waals surface area (Å²) in [5.41, 5.74) is 3.69. The Balaban J connectivity index is 2.28. The highest BCUT2D eigenvalue weighted by Crippen LogP contribution is 2.23. The molecule has 0 spiro atoms. The molecule has 0 aromatic heterocycles. The molecule has 2 aromatic rings. The Bertz CT molecular complexity index is 615. The number of allylic oxidation sites excluding steroid dienone is 4. The van der Waals surface area contributed by atoms with Crippen molar-refractivity contribution in [3.8, 4) is 0 Å². The SMILES string of the molecule is C[N+](C)(C)C=CC=CC=C(c1ccccc1)c1ccccc1. The molecule has 0 amide bonds. The monoisotopic (exact) mass is 290 g/mol. The lowest BCUT2D eigenvalue weighted by Gasteiger charge is -2.16. The fourth-order valence-corrected chi connectivity index (χ4v) is 2.12. The molecule has 0 fully saturated rings. The minimum absolute atomic E-state index is 0.818. The van der Waals surface area contributed by atoms with E-state index < -0.39 is 0 Å². The minimum Gasteiger partial charge on any atom is -0.305 e. The average molecular weight is 290 g/mol. The summed E-state index contributed by atoms with van der Waals surface area (Å²) in [6.45, 7) is 0. The predicted octanol–water partition coefficient (Wildman–Crippen LogP) is 4.89. The standard InChI is InChI=1S/C21H24N/c1-22(2,3)18-12-6-11-17-21(19-13-7-4-8-14-19)20-15-9-5-10-16-20/h4-18H,1-3H3/q+1. The van der Waals surface area contributed by atoms with Crippen molar-refractivity contribution in [2.45, 2.75) is 0 Å². The van der Waals surface area contributed by atoms with E-state index in [0.717, 1.165) is 4.48 Å². The Labute approximate surface area is 134 Å². The van der Waals surface area contributed by atoms with E-state index in [1.165, 1.54) is 16.7 Å². The van der Waals surface area contributed by atoms with Gasteiger partial charge in [0.25, 0.3) is 0 Å². The van der Waals surface area contributed by atoms with Gasteiger partial charge in [-0.15, -0.1) is 0 Å². The van der Waals surface area contributed by atoms with Crippen molar-refractivity contribution in [2.24, 2.45) is 0 Å². The molecule has 1 heteroatoms. The van der Waals surface area contributed by atoms with E-state index in [0.29, 0.717) is 0 Å². The second-order valence-electron chi connectivity index (χ2n) is 6.16. The van der Waals surface area contributed by atoms with Crippen LogP contribution in [0.3, 0.4) is 0 Å². The van der Waals surface area contributed by atoms with Crippen molar-refractivity contribution < 1.29 is 4.48 Å². The fraction of sp³-hybridized carbons (Fsp3) is 0.143. The van der Waals surface area contributed by atoms with Gasteiger partial charge in [0.2, 0.25) is 0 Å². The highest BCUT2D eigenvalue weighted by molar-refractivity contribution is 5.80. The third-order valence-electron chi connectivity index (χ3n) is 3.19. The molecule has 0 saturated carbocycles. The second kappa shape index (κ2) is 7.58. The molecular weight excluding hydrogens is 266 g/mol. The summed E-state index contributed by atoms with van der Waals surface area (Å²) < 4.78 is 0.818. The number of hydrogen-bond acceptors (Lipinski definition) is 0. The van der Waals surface area contributed by atoms with Gasteiger partial charge in [-0.05, 0) is 22.8 Å². The molecule has 0 unspecified atom stereocenters. The van der Waals surface area contributed by atoms with Crippen molar-refractivity contribution in [2.75, 3.05) is 21.1 Å². The largest absolute Gasteiger partial charge is 0.305 e. The summed E-state index contributed by atoms with van der Waals surface area (Å²) in [5, 5.41) is 0. The molecule has 22 heavy (non-hydrogen) atoms. The highest BCUT2D eigenvalue weighted by Gasteiger charge is 2.02. The van der Waals surface area contributed by atoms with Gasteiger partial charge in [0, 0.05) is 0 Å². The van der Waals surface area contributed by atoms with Crippen LogP contribution in [0.1, 0.15) is 11.1 Å². The summed E-state index contributed by atoms with van der Waals surface area (Å²) in [4.78, 5) is 0. The lowest BCUT2D eigenvalue weighted by Crippen LogP contribution is -2.26. The first-order valence-electron chi connectivity index (χ1n) is 7.54. The van der Waals surface area contributed by atoms with Crippen LogP contribution in [0.2, 0.25) is 0 Å². The van der Waals surface area contributed by atoms with Crippen LogP contribution in [0, 0.1) is 0 Å². The third-order valence-corrected chi connectivity index (χ3v) is 3.19. The van der Waals surface area contributed by atoms with Gasteiger partial charge in [0.05, 0.1) is 27.3 Å². The van der Waals surface area contributed by atoms with E-state index in [9.17, 15) is 0 Å². The van der Waals surface area contributed by atoms with Crippen molar-refractivity contribution in [3.63, 3.8) is 0 Å². The third kappa shape index (κ3) is 5.19. The topological polar surface area (TPSA) is 0 Å². The molecular formula is C21H24N+. The molecule has 112 valence electrons. The molecule has 1 nitrogen and oxygen atoms in total. The quantitative estimate of drug-likeness (QED) is 0.543. The van der Waals surface area contributed by atoms with E-state index in [1.54, 1.807) is 0 Å². The van der Waals surface area contributed by atoms with Gasteiger partial charge in [-0.25, -0.2) is 0 Å². The zero-order chi connectivity index (χ0) is 15.8. The first-order chi connectivity index (χ1) is 10.6. The molecule has 2 aromatic carbocycles. The van der Waals surface area contributed by atoms with Gasteiger partial charge in [0.1, 0.15) is 0 Å². The maximum Gasteiger partial charge on any atom is 0.0952 e. The minimum atomic E-state index is 0.818. The summed E-state index contributed by atoms with van der Waals surface area (Å²) in [5.74, 6) is 0. The van der Waals surface area contributed by atoms with Crippen LogP contribution >= 0.6 is 0 Å². The molecule has 0 bridgehead atoms. The fourth-order valence-electron chi connectivity index (χ4n) is 2.12. The number of rotatable bonds is 5. The summed E-state index contributed by atoms with van der Waals surface area (Å²) in [6, 6.07) is 21.0. The van der Waals surface area contributed by atoms with Gasteiger partial charge < -0.3 is 4.48 Å². The lowest BCUT2D eigenvalue weighted by molar-refractivity contribution is -0.817. The van der Waals surface area contributed by atoms with Crippen molar-refractivity contribution >= 4 is 5.57 Å². The molecule has 0 aliphatic heterocycles. The Morgan fingerprint density at radius 1 is 0.682 bits per heavy atom. The van der Waals surface area contributed by atoms with Crippen molar-refractivity contribution in [3.05, 3.63) is 102 Å². The van der Waals surface area contributed by atoms with Crippen LogP contribution in [-0.4, -0.2) is 25.6 Å². The lowest BCUT2D eigenvalue weighted by atomic mass is 9.97. The molecule has 0 heterocycles. The Morgan fingerprint density at radius 3 is 1.64 bits per heavy atom. The predicted molar refractivity (Wildman–Crippen MR) is 96.3 cm³/mol. The van der Waals surface area contributed by atoms with E-state index in [1.807, 2.05) is 12.1 Å². The highest BCUT2D eigenvalue weighted by atomic mass is 15.3.